The lowest BCUT2D eigenvalue weighted by molar-refractivity contribution is 0.102. The van der Waals surface area contributed by atoms with Gasteiger partial charge in [-0.15, -0.1) is 0 Å². The quantitative estimate of drug-likeness (QED) is 0.560. The van der Waals surface area contributed by atoms with Crippen LogP contribution in [0.4, 0.5) is 5.69 Å². The zero-order valence-electron chi connectivity index (χ0n) is 15.6. The second kappa shape index (κ2) is 7.12. The van der Waals surface area contributed by atoms with Gasteiger partial charge in [0, 0.05) is 11.1 Å². The van der Waals surface area contributed by atoms with Crippen molar-refractivity contribution in [1.29, 1.82) is 0 Å². The fraction of sp³-hybridized carbons (Fsp3) is 0.0870. The standard InChI is InChI=1S/C23H19N3O2/c1-14-7-10-16(11-8-14)22(27)25-18-12-9-15(2)13-17(18)21-23(28)26-20-6-4-3-5-19(20)24-21/h3-13H,1-2H3,(H,25,27)(H,26,28). The van der Waals surface area contributed by atoms with Crippen molar-refractivity contribution in [2.24, 2.45) is 0 Å². The summed E-state index contributed by atoms with van der Waals surface area (Å²) in [7, 11) is 0. The van der Waals surface area contributed by atoms with Gasteiger partial charge < -0.3 is 10.3 Å². The lowest BCUT2D eigenvalue weighted by Gasteiger charge is -2.12. The van der Waals surface area contributed by atoms with Gasteiger partial charge in [-0.1, -0.05) is 41.5 Å². The molecule has 0 aliphatic carbocycles. The molecule has 1 heterocycles. The molecule has 0 fully saturated rings. The third kappa shape index (κ3) is 3.42. The topological polar surface area (TPSA) is 74.8 Å². The summed E-state index contributed by atoms with van der Waals surface area (Å²) in [5, 5.41) is 2.92. The Hall–Kier alpha value is -3.73. The normalized spacial score (nSPS) is 10.8. The van der Waals surface area contributed by atoms with Crippen molar-refractivity contribution in [3.63, 3.8) is 0 Å². The molecule has 0 unspecified atom stereocenters. The average Bonchev–Trinajstić information content (AvgIpc) is 2.69. The van der Waals surface area contributed by atoms with E-state index in [2.05, 4.69) is 15.3 Å². The minimum absolute atomic E-state index is 0.234. The molecule has 0 aliphatic rings. The molecule has 1 aromatic heterocycles. The predicted molar refractivity (Wildman–Crippen MR) is 112 cm³/mol. The zero-order valence-corrected chi connectivity index (χ0v) is 15.6. The van der Waals surface area contributed by atoms with Gasteiger partial charge in [0.15, 0.2) is 0 Å². The number of H-pyrrole nitrogens is 1. The molecule has 0 saturated carbocycles. The maximum absolute atomic E-state index is 12.7. The lowest BCUT2D eigenvalue weighted by atomic mass is 10.1. The van der Waals surface area contributed by atoms with Crippen molar-refractivity contribution in [2.45, 2.75) is 13.8 Å². The number of nitrogens with zero attached hydrogens (tertiary/aromatic N) is 1. The van der Waals surface area contributed by atoms with Crippen LogP contribution in [0.3, 0.4) is 0 Å². The van der Waals surface area contributed by atoms with E-state index in [0.717, 1.165) is 11.1 Å². The van der Waals surface area contributed by atoms with Crippen molar-refractivity contribution in [2.75, 3.05) is 5.32 Å². The second-order valence-electron chi connectivity index (χ2n) is 6.80. The predicted octanol–water partition coefficient (Wildman–Crippen LogP) is 4.46. The first-order valence-corrected chi connectivity index (χ1v) is 8.99. The number of anilines is 1. The summed E-state index contributed by atoms with van der Waals surface area (Å²) < 4.78 is 0. The Morgan fingerprint density at radius 2 is 1.64 bits per heavy atom. The number of aryl methyl sites for hydroxylation is 2. The molecule has 4 rings (SSSR count). The number of aromatic nitrogens is 2. The first-order valence-electron chi connectivity index (χ1n) is 8.99. The molecule has 28 heavy (non-hydrogen) atoms. The number of para-hydroxylation sites is 2. The van der Waals surface area contributed by atoms with Crippen LogP contribution in [0.1, 0.15) is 21.5 Å². The molecule has 1 amide bonds. The van der Waals surface area contributed by atoms with Gasteiger partial charge in [0.25, 0.3) is 11.5 Å². The molecule has 0 atom stereocenters. The van der Waals surface area contributed by atoms with E-state index in [9.17, 15) is 9.59 Å². The van der Waals surface area contributed by atoms with Gasteiger partial charge in [0.1, 0.15) is 5.69 Å². The molecular formula is C23H19N3O2. The van der Waals surface area contributed by atoms with E-state index >= 15 is 0 Å². The molecule has 0 radical (unpaired) electrons. The molecule has 0 spiro atoms. The summed E-state index contributed by atoms with van der Waals surface area (Å²) in [4.78, 5) is 32.7. The Bertz CT molecular complexity index is 1240. The molecule has 2 N–H and O–H groups in total. The van der Waals surface area contributed by atoms with Gasteiger partial charge in [-0.05, 0) is 50.2 Å². The van der Waals surface area contributed by atoms with E-state index in [0.29, 0.717) is 27.8 Å². The number of carbonyl (C=O) groups is 1. The first-order chi connectivity index (χ1) is 13.5. The molecule has 138 valence electrons. The monoisotopic (exact) mass is 369 g/mol. The summed E-state index contributed by atoms with van der Waals surface area (Å²) in [6.45, 7) is 3.90. The van der Waals surface area contributed by atoms with Crippen molar-refractivity contribution < 1.29 is 4.79 Å². The second-order valence-corrected chi connectivity index (χ2v) is 6.80. The van der Waals surface area contributed by atoms with Crippen molar-refractivity contribution in [3.05, 3.63) is 93.8 Å². The van der Waals surface area contributed by atoms with E-state index in [-0.39, 0.29) is 17.2 Å². The minimum Gasteiger partial charge on any atom is -0.321 e. The highest BCUT2D eigenvalue weighted by atomic mass is 16.1. The Labute approximate surface area is 162 Å². The summed E-state index contributed by atoms with van der Waals surface area (Å²) in [5.74, 6) is -0.234. The number of benzene rings is 3. The molecule has 4 aromatic rings. The molecule has 5 heteroatoms. The van der Waals surface area contributed by atoms with Gasteiger partial charge in [0.05, 0.1) is 16.7 Å². The number of amides is 1. The van der Waals surface area contributed by atoms with Crippen LogP contribution in [0.15, 0.2) is 71.5 Å². The van der Waals surface area contributed by atoms with E-state index in [1.807, 2.05) is 62.4 Å². The highest BCUT2D eigenvalue weighted by Crippen LogP contribution is 2.27. The highest BCUT2D eigenvalue weighted by molar-refractivity contribution is 6.06. The number of hydrogen-bond acceptors (Lipinski definition) is 3. The maximum atomic E-state index is 12.7. The van der Waals surface area contributed by atoms with Crippen LogP contribution in [0.2, 0.25) is 0 Å². The largest absolute Gasteiger partial charge is 0.321 e. The molecule has 0 bridgehead atoms. The lowest BCUT2D eigenvalue weighted by Crippen LogP contribution is -2.16. The van der Waals surface area contributed by atoms with Crippen LogP contribution < -0.4 is 10.9 Å². The average molecular weight is 369 g/mol. The molecule has 0 aliphatic heterocycles. The first kappa shape index (κ1) is 17.7. The van der Waals surface area contributed by atoms with Gasteiger partial charge >= 0.3 is 0 Å². The Kier molecular flexibility index (Phi) is 4.49. The fourth-order valence-corrected chi connectivity index (χ4v) is 3.07. The number of nitrogens with one attached hydrogen (secondary N) is 2. The van der Waals surface area contributed by atoms with Crippen LogP contribution in [0, 0.1) is 13.8 Å². The van der Waals surface area contributed by atoms with Gasteiger partial charge in [-0.25, -0.2) is 4.98 Å². The van der Waals surface area contributed by atoms with Crippen molar-refractivity contribution >= 4 is 22.6 Å². The number of aromatic amines is 1. The van der Waals surface area contributed by atoms with E-state index in [1.54, 1.807) is 18.2 Å². The summed E-state index contributed by atoms with van der Waals surface area (Å²) in [6.07, 6.45) is 0. The summed E-state index contributed by atoms with van der Waals surface area (Å²) in [5.41, 5.74) is 5.09. The number of carbonyl (C=O) groups excluding carboxylic acids is 1. The summed E-state index contributed by atoms with van der Waals surface area (Å²) in [6, 6.07) is 20.3. The van der Waals surface area contributed by atoms with E-state index in [4.69, 9.17) is 0 Å². The Morgan fingerprint density at radius 3 is 2.43 bits per heavy atom. The minimum atomic E-state index is -0.296. The van der Waals surface area contributed by atoms with Crippen molar-refractivity contribution in [1.82, 2.24) is 9.97 Å². The Balaban J connectivity index is 1.79. The maximum Gasteiger partial charge on any atom is 0.275 e. The van der Waals surface area contributed by atoms with Gasteiger partial charge in [-0.3, -0.25) is 9.59 Å². The van der Waals surface area contributed by atoms with E-state index in [1.165, 1.54) is 0 Å². The highest BCUT2D eigenvalue weighted by Gasteiger charge is 2.15. The number of fused-ring (bicyclic) bond motifs is 1. The van der Waals surface area contributed by atoms with E-state index < -0.39 is 0 Å². The van der Waals surface area contributed by atoms with Crippen LogP contribution in [0.25, 0.3) is 22.3 Å². The van der Waals surface area contributed by atoms with Crippen LogP contribution in [-0.2, 0) is 0 Å². The van der Waals surface area contributed by atoms with Crippen LogP contribution in [-0.4, -0.2) is 15.9 Å². The molecular weight excluding hydrogens is 350 g/mol. The number of rotatable bonds is 3. The third-order valence-electron chi connectivity index (χ3n) is 4.59. The van der Waals surface area contributed by atoms with Crippen molar-refractivity contribution in [3.8, 4) is 11.3 Å². The van der Waals surface area contributed by atoms with Crippen LogP contribution in [0.5, 0.6) is 0 Å². The smallest absolute Gasteiger partial charge is 0.275 e. The molecule has 0 saturated heterocycles. The van der Waals surface area contributed by atoms with Gasteiger partial charge in [0.2, 0.25) is 0 Å². The zero-order chi connectivity index (χ0) is 19.7. The summed E-state index contributed by atoms with van der Waals surface area (Å²) >= 11 is 0. The SMILES string of the molecule is Cc1ccc(C(=O)Nc2ccc(C)cc2-c2nc3ccccc3[nH]c2=O)cc1. The number of hydrogen-bond donors (Lipinski definition) is 2. The fourth-order valence-electron chi connectivity index (χ4n) is 3.07. The van der Waals surface area contributed by atoms with Crippen LogP contribution >= 0.6 is 0 Å². The third-order valence-corrected chi connectivity index (χ3v) is 4.59. The molecule has 5 nitrogen and oxygen atoms in total. The molecule has 3 aromatic carbocycles. The van der Waals surface area contributed by atoms with Gasteiger partial charge in [-0.2, -0.15) is 0 Å². The Morgan fingerprint density at radius 1 is 0.929 bits per heavy atom.